The first-order valence-corrected chi connectivity index (χ1v) is 9.64. The molecular weight excluding hydrogens is 362 g/mol. The molecule has 3 heterocycles. The van der Waals surface area contributed by atoms with Gasteiger partial charge in [0.05, 0.1) is 24.3 Å². The van der Waals surface area contributed by atoms with E-state index in [0.29, 0.717) is 18.8 Å². The van der Waals surface area contributed by atoms with Gasteiger partial charge in [0, 0.05) is 23.4 Å². The van der Waals surface area contributed by atoms with Crippen molar-refractivity contribution in [3.05, 3.63) is 52.5 Å². The number of nitrogens with zero attached hydrogens (tertiary/aromatic N) is 1. The molecule has 7 heteroatoms. The van der Waals surface area contributed by atoms with Crippen LogP contribution in [-0.2, 0) is 6.42 Å². The lowest BCUT2D eigenvalue weighted by Gasteiger charge is -2.25. The minimum absolute atomic E-state index is 0.175. The van der Waals surface area contributed by atoms with Crippen molar-refractivity contribution in [3.63, 3.8) is 0 Å². The third-order valence-corrected chi connectivity index (χ3v) is 5.66. The van der Waals surface area contributed by atoms with Crippen LogP contribution in [0.15, 0.2) is 36.4 Å². The number of carbonyl (C=O) groups excluding carboxylic acids is 1. The number of nitrogens with one attached hydrogen (secondary N) is 2. The second kappa shape index (κ2) is 7.44. The molecule has 27 heavy (non-hydrogen) atoms. The highest BCUT2D eigenvalue weighted by atomic mass is 32.1. The normalized spacial score (nSPS) is 15.7. The van der Waals surface area contributed by atoms with E-state index in [1.807, 2.05) is 24.3 Å². The second-order valence-electron chi connectivity index (χ2n) is 6.64. The van der Waals surface area contributed by atoms with Crippen molar-refractivity contribution < 1.29 is 14.3 Å². The number of benzene rings is 1. The molecule has 0 radical (unpaired) electrons. The Kier molecular flexibility index (Phi) is 4.85. The van der Waals surface area contributed by atoms with E-state index in [1.165, 1.54) is 4.88 Å². The zero-order chi connectivity index (χ0) is 18.8. The Labute approximate surface area is 161 Å². The molecule has 1 atom stereocenters. The average molecular weight is 383 g/mol. The Morgan fingerprint density at radius 1 is 1.37 bits per heavy atom. The predicted octanol–water partition coefficient (Wildman–Crippen LogP) is 3.44. The monoisotopic (exact) mass is 383 g/mol. The predicted molar refractivity (Wildman–Crippen MR) is 105 cm³/mol. The first-order chi connectivity index (χ1) is 13.1. The number of ether oxygens (including phenoxy) is 2. The molecule has 4 rings (SSSR count). The molecule has 0 saturated carbocycles. The number of aromatic nitrogens is 2. The lowest BCUT2D eigenvalue weighted by atomic mass is 9.96. The molecule has 6 nitrogen and oxygen atoms in total. The number of thiophene rings is 1. The van der Waals surface area contributed by atoms with E-state index >= 15 is 0 Å². The van der Waals surface area contributed by atoms with Crippen LogP contribution < -0.4 is 14.8 Å². The summed E-state index contributed by atoms with van der Waals surface area (Å²) in [7, 11) is 1.64. The van der Waals surface area contributed by atoms with Crippen LogP contribution in [0, 0.1) is 12.8 Å². The van der Waals surface area contributed by atoms with E-state index in [0.717, 1.165) is 34.1 Å². The van der Waals surface area contributed by atoms with Crippen LogP contribution in [0.2, 0.25) is 0 Å². The van der Waals surface area contributed by atoms with Gasteiger partial charge in [-0.1, -0.05) is 6.07 Å². The second-order valence-corrected chi connectivity index (χ2v) is 7.93. The standard InChI is InChI=1S/C20H21N3O3S/c1-12-3-6-19(27-12)16-9-17(23-22-16)20(24)21-10-13-7-14-4-5-15(25-2)8-18(14)26-11-13/h3-6,8-9,13H,7,10-11H2,1-2H3,(H,21,24)(H,22,23). The zero-order valence-corrected chi connectivity index (χ0v) is 16.1. The maximum atomic E-state index is 12.4. The van der Waals surface area contributed by atoms with Gasteiger partial charge in [0.25, 0.3) is 5.91 Å². The van der Waals surface area contributed by atoms with Gasteiger partial charge in [0.1, 0.15) is 11.5 Å². The Hall–Kier alpha value is -2.80. The van der Waals surface area contributed by atoms with Gasteiger partial charge in [0.2, 0.25) is 0 Å². The number of H-pyrrole nitrogens is 1. The summed E-state index contributed by atoms with van der Waals surface area (Å²) < 4.78 is 11.1. The van der Waals surface area contributed by atoms with Crippen LogP contribution in [0.25, 0.3) is 10.6 Å². The molecule has 140 valence electrons. The van der Waals surface area contributed by atoms with Gasteiger partial charge in [-0.05, 0) is 43.2 Å². The molecular formula is C20H21N3O3S. The molecule has 0 spiro atoms. The molecule has 1 amide bonds. The number of hydrogen-bond acceptors (Lipinski definition) is 5. The highest BCUT2D eigenvalue weighted by molar-refractivity contribution is 7.15. The quantitative estimate of drug-likeness (QED) is 0.708. The van der Waals surface area contributed by atoms with Crippen LogP contribution in [-0.4, -0.2) is 36.4 Å². The molecule has 0 fully saturated rings. The van der Waals surface area contributed by atoms with Crippen molar-refractivity contribution in [2.45, 2.75) is 13.3 Å². The first kappa shape index (κ1) is 17.6. The summed E-state index contributed by atoms with van der Waals surface area (Å²) in [6, 6.07) is 11.7. The number of aryl methyl sites for hydroxylation is 1. The van der Waals surface area contributed by atoms with E-state index in [-0.39, 0.29) is 11.8 Å². The fraction of sp³-hybridized carbons (Fsp3) is 0.300. The van der Waals surface area contributed by atoms with E-state index in [9.17, 15) is 4.79 Å². The summed E-state index contributed by atoms with van der Waals surface area (Å²) in [6.45, 7) is 3.17. The van der Waals surface area contributed by atoms with Crippen LogP contribution in [0.1, 0.15) is 20.9 Å². The van der Waals surface area contributed by atoms with Gasteiger partial charge in [-0.3, -0.25) is 9.89 Å². The summed E-state index contributed by atoms with van der Waals surface area (Å²) in [5, 5.41) is 10.1. The number of fused-ring (bicyclic) bond motifs is 1. The maximum Gasteiger partial charge on any atom is 0.271 e. The highest BCUT2D eigenvalue weighted by Gasteiger charge is 2.22. The molecule has 2 aromatic heterocycles. The minimum atomic E-state index is -0.175. The summed E-state index contributed by atoms with van der Waals surface area (Å²) in [5.41, 5.74) is 2.40. The Morgan fingerprint density at radius 2 is 2.26 bits per heavy atom. The van der Waals surface area contributed by atoms with Crippen molar-refractivity contribution in [3.8, 4) is 22.1 Å². The highest BCUT2D eigenvalue weighted by Crippen LogP contribution is 2.31. The summed E-state index contributed by atoms with van der Waals surface area (Å²) in [5.74, 6) is 1.70. The molecule has 0 bridgehead atoms. The van der Waals surface area contributed by atoms with Crippen LogP contribution >= 0.6 is 11.3 Å². The van der Waals surface area contributed by atoms with E-state index < -0.39 is 0 Å². The lowest BCUT2D eigenvalue weighted by Crippen LogP contribution is -2.35. The zero-order valence-electron chi connectivity index (χ0n) is 15.2. The first-order valence-electron chi connectivity index (χ1n) is 8.82. The topological polar surface area (TPSA) is 76.2 Å². The number of methoxy groups -OCH3 is 1. The number of carbonyl (C=O) groups is 1. The third kappa shape index (κ3) is 3.83. The number of rotatable bonds is 5. The lowest BCUT2D eigenvalue weighted by molar-refractivity contribution is 0.0934. The fourth-order valence-corrected chi connectivity index (χ4v) is 3.98. The molecule has 1 aromatic carbocycles. The Bertz CT molecular complexity index is 963. The van der Waals surface area contributed by atoms with Crippen LogP contribution in [0.5, 0.6) is 11.5 Å². The minimum Gasteiger partial charge on any atom is -0.497 e. The smallest absolute Gasteiger partial charge is 0.271 e. The van der Waals surface area contributed by atoms with Gasteiger partial charge >= 0.3 is 0 Å². The molecule has 1 aliphatic heterocycles. The van der Waals surface area contributed by atoms with Crippen molar-refractivity contribution in [2.24, 2.45) is 5.92 Å². The van der Waals surface area contributed by atoms with E-state index in [2.05, 4.69) is 28.5 Å². The molecule has 0 aliphatic carbocycles. The van der Waals surface area contributed by atoms with E-state index in [4.69, 9.17) is 9.47 Å². The fourth-order valence-electron chi connectivity index (χ4n) is 3.14. The van der Waals surface area contributed by atoms with E-state index in [1.54, 1.807) is 24.5 Å². The van der Waals surface area contributed by atoms with Crippen molar-refractivity contribution in [1.82, 2.24) is 15.5 Å². The van der Waals surface area contributed by atoms with Crippen LogP contribution in [0.3, 0.4) is 0 Å². The molecule has 3 aromatic rings. The number of amides is 1. The molecule has 0 saturated heterocycles. The van der Waals surface area contributed by atoms with Crippen molar-refractivity contribution in [2.75, 3.05) is 20.3 Å². The number of aromatic amines is 1. The molecule has 2 N–H and O–H groups in total. The Morgan fingerprint density at radius 3 is 3.04 bits per heavy atom. The molecule has 1 unspecified atom stereocenters. The third-order valence-electron chi connectivity index (χ3n) is 4.63. The van der Waals surface area contributed by atoms with Crippen molar-refractivity contribution in [1.29, 1.82) is 0 Å². The Balaban J connectivity index is 1.35. The summed E-state index contributed by atoms with van der Waals surface area (Å²) >= 11 is 1.67. The average Bonchev–Trinajstić information content (AvgIpc) is 3.34. The summed E-state index contributed by atoms with van der Waals surface area (Å²) in [4.78, 5) is 14.7. The maximum absolute atomic E-state index is 12.4. The van der Waals surface area contributed by atoms with Gasteiger partial charge in [-0.25, -0.2) is 0 Å². The van der Waals surface area contributed by atoms with Crippen LogP contribution in [0.4, 0.5) is 0 Å². The SMILES string of the molecule is COc1ccc2c(c1)OCC(CNC(=O)c1cc(-c3ccc(C)s3)[nH]n1)C2. The largest absolute Gasteiger partial charge is 0.497 e. The van der Waals surface area contributed by atoms with Gasteiger partial charge < -0.3 is 14.8 Å². The van der Waals surface area contributed by atoms with Gasteiger partial charge in [0.15, 0.2) is 5.69 Å². The van der Waals surface area contributed by atoms with Crippen molar-refractivity contribution >= 4 is 17.2 Å². The van der Waals surface area contributed by atoms with Gasteiger partial charge in [-0.15, -0.1) is 11.3 Å². The van der Waals surface area contributed by atoms with Gasteiger partial charge in [-0.2, -0.15) is 5.10 Å². The number of hydrogen-bond donors (Lipinski definition) is 2. The molecule has 1 aliphatic rings. The summed E-state index contributed by atoms with van der Waals surface area (Å²) in [6.07, 6.45) is 0.861.